The van der Waals surface area contributed by atoms with Crippen molar-refractivity contribution in [1.29, 1.82) is 0 Å². The fourth-order valence-corrected chi connectivity index (χ4v) is 4.39. The molecule has 0 saturated heterocycles. The number of para-hydroxylation sites is 1. The van der Waals surface area contributed by atoms with Crippen LogP contribution in [-0.2, 0) is 17.3 Å². The van der Waals surface area contributed by atoms with Crippen molar-refractivity contribution in [2.24, 2.45) is 0 Å². The Labute approximate surface area is 194 Å². The van der Waals surface area contributed by atoms with E-state index in [0.717, 1.165) is 35.1 Å². The molecule has 0 amide bonds. The molecule has 0 aliphatic heterocycles. The van der Waals surface area contributed by atoms with E-state index in [4.69, 9.17) is 0 Å². The van der Waals surface area contributed by atoms with Crippen molar-refractivity contribution in [1.82, 2.24) is 0 Å². The molecule has 2 rings (SSSR count). The lowest BCUT2D eigenvalue weighted by Crippen LogP contribution is -2.21. The van der Waals surface area contributed by atoms with Gasteiger partial charge < -0.3 is 20.4 Å². The molecule has 0 aliphatic carbocycles. The van der Waals surface area contributed by atoms with Gasteiger partial charge in [-0.15, -0.1) is 0 Å². The molecule has 0 bridgehead atoms. The summed E-state index contributed by atoms with van der Waals surface area (Å²) < 4.78 is 0. The van der Waals surface area contributed by atoms with E-state index < -0.39 is 6.10 Å². The average Bonchev–Trinajstić information content (AvgIpc) is 2.68. The van der Waals surface area contributed by atoms with E-state index in [-0.39, 0.29) is 29.1 Å². The second kappa shape index (κ2) is 10.7. The summed E-state index contributed by atoms with van der Waals surface area (Å²) in [6, 6.07) is 11.5. The molecule has 0 spiro atoms. The summed E-state index contributed by atoms with van der Waals surface area (Å²) in [4.78, 5) is 0. The van der Waals surface area contributed by atoms with E-state index in [1.165, 1.54) is 0 Å². The fourth-order valence-electron chi connectivity index (χ4n) is 4.39. The number of aryl methyl sites for hydroxylation is 1. The van der Waals surface area contributed by atoms with Crippen molar-refractivity contribution in [3.63, 3.8) is 0 Å². The van der Waals surface area contributed by atoms with E-state index in [2.05, 4.69) is 47.6 Å². The van der Waals surface area contributed by atoms with Gasteiger partial charge in [0.15, 0.2) is 0 Å². The summed E-state index contributed by atoms with van der Waals surface area (Å²) in [5.74, 6) is 0.351. The number of benzene rings is 2. The van der Waals surface area contributed by atoms with E-state index in [9.17, 15) is 20.4 Å². The smallest absolute Gasteiger partial charge is 0.122 e. The maximum atomic E-state index is 11.1. The molecule has 4 N–H and O–H groups in total. The van der Waals surface area contributed by atoms with Crippen molar-refractivity contribution < 1.29 is 20.4 Å². The lowest BCUT2D eigenvalue weighted by atomic mass is 9.80. The molecule has 2 atom stereocenters. The average molecular weight is 443 g/mol. The van der Waals surface area contributed by atoms with E-state index in [1.54, 1.807) is 6.07 Å². The van der Waals surface area contributed by atoms with Crippen LogP contribution >= 0.6 is 0 Å². The van der Waals surface area contributed by atoms with Crippen molar-refractivity contribution in [2.45, 2.75) is 96.5 Å². The fraction of sp³-hybridized carbons (Fsp3) is 0.571. The van der Waals surface area contributed by atoms with Crippen molar-refractivity contribution >= 4 is 0 Å². The third-order valence-corrected chi connectivity index (χ3v) is 6.25. The number of rotatable bonds is 9. The molecule has 32 heavy (non-hydrogen) atoms. The normalized spacial score (nSPS) is 14.4. The number of aliphatic hydroxyl groups is 2. The molecule has 2 aromatic carbocycles. The summed E-state index contributed by atoms with van der Waals surface area (Å²) in [6.45, 7) is 12.5. The molecular weight excluding hydrogens is 400 g/mol. The first kappa shape index (κ1) is 26.2. The Balaban J connectivity index is 2.16. The van der Waals surface area contributed by atoms with Crippen LogP contribution in [0.3, 0.4) is 0 Å². The Morgan fingerprint density at radius 2 is 1.47 bits per heavy atom. The van der Waals surface area contributed by atoms with Crippen LogP contribution in [0, 0.1) is 0 Å². The highest BCUT2D eigenvalue weighted by atomic mass is 16.3. The maximum absolute atomic E-state index is 11.1. The van der Waals surface area contributed by atoms with Crippen molar-refractivity contribution in [3.8, 4) is 11.5 Å². The first-order valence-electron chi connectivity index (χ1n) is 11.8. The van der Waals surface area contributed by atoms with Gasteiger partial charge in [-0.05, 0) is 71.3 Å². The highest BCUT2D eigenvalue weighted by molar-refractivity contribution is 5.46. The zero-order valence-electron chi connectivity index (χ0n) is 20.7. The zero-order valence-corrected chi connectivity index (χ0v) is 20.7. The summed E-state index contributed by atoms with van der Waals surface area (Å²) in [5.41, 5.74) is 3.37. The van der Waals surface area contributed by atoms with E-state index >= 15 is 0 Å². The summed E-state index contributed by atoms with van der Waals surface area (Å²) >= 11 is 0. The third kappa shape index (κ3) is 6.73. The lowest BCUT2D eigenvalue weighted by molar-refractivity contribution is 0.121. The predicted molar refractivity (Wildman–Crippen MR) is 132 cm³/mol. The molecule has 4 nitrogen and oxygen atoms in total. The third-order valence-electron chi connectivity index (χ3n) is 6.25. The zero-order chi connectivity index (χ0) is 24.1. The summed E-state index contributed by atoms with van der Waals surface area (Å²) in [7, 11) is 0. The molecule has 4 heteroatoms. The summed E-state index contributed by atoms with van der Waals surface area (Å²) in [6.07, 6.45) is 2.79. The number of hydrogen-bond acceptors (Lipinski definition) is 4. The van der Waals surface area contributed by atoms with Crippen LogP contribution in [0.15, 0.2) is 36.4 Å². The quantitative estimate of drug-likeness (QED) is 0.388. The number of hydrogen-bond donors (Lipinski definition) is 4. The first-order valence-corrected chi connectivity index (χ1v) is 11.8. The van der Waals surface area contributed by atoms with Gasteiger partial charge in [-0.2, -0.15) is 0 Å². The molecule has 2 unspecified atom stereocenters. The van der Waals surface area contributed by atoms with Crippen molar-refractivity contribution in [2.75, 3.05) is 6.61 Å². The SMILES string of the molecule is CC(C)(C)c1cc(CCCC(O)C(CCCO)c2cccc(C(C)(C)C)c2O)ccc1O. The maximum Gasteiger partial charge on any atom is 0.122 e. The molecule has 0 saturated carbocycles. The van der Waals surface area contributed by atoms with Crippen LogP contribution in [0.2, 0.25) is 0 Å². The number of aromatic hydroxyl groups is 2. The van der Waals surface area contributed by atoms with Gasteiger partial charge in [0.05, 0.1) is 6.10 Å². The second-order valence-electron chi connectivity index (χ2n) is 11.0. The lowest BCUT2D eigenvalue weighted by Gasteiger charge is -2.28. The number of aliphatic hydroxyl groups excluding tert-OH is 2. The van der Waals surface area contributed by atoms with Gasteiger partial charge in [0, 0.05) is 12.5 Å². The van der Waals surface area contributed by atoms with Crippen LogP contribution in [0.4, 0.5) is 0 Å². The molecule has 0 heterocycles. The van der Waals surface area contributed by atoms with Gasteiger partial charge >= 0.3 is 0 Å². The van der Waals surface area contributed by atoms with Crippen LogP contribution in [0.5, 0.6) is 11.5 Å². The minimum Gasteiger partial charge on any atom is -0.508 e. The topological polar surface area (TPSA) is 80.9 Å². The predicted octanol–water partition coefficient (Wildman–Crippen LogP) is 5.93. The molecule has 0 radical (unpaired) electrons. The monoisotopic (exact) mass is 442 g/mol. The molecule has 178 valence electrons. The minimum atomic E-state index is -0.609. The Hall–Kier alpha value is -2.04. The largest absolute Gasteiger partial charge is 0.508 e. The summed E-state index contributed by atoms with van der Waals surface area (Å²) in [5, 5.41) is 41.6. The van der Waals surface area contributed by atoms with Crippen LogP contribution in [0.25, 0.3) is 0 Å². The Morgan fingerprint density at radius 3 is 2.06 bits per heavy atom. The molecule has 0 aliphatic rings. The van der Waals surface area contributed by atoms with Gasteiger partial charge in [-0.25, -0.2) is 0 Å². The van der Waals surface area contributed by atoms with E-state index in [0.29, 0.717) is 25.0 Å². The van der Waals surface area contributed by atoms with Crippen LogP contribution in [-0.4, -0.2) is 33.1 Å². The molecule has 0 aromatic heterocycles. The van der Waals surface area contributed by atoms with E-state index in [1.807, 2.05) is 24.3 Å². The Bertz CT molecular complexity index is 874. The molecule has 2 aromatic rings. The first-order chi connectivity index (χ1) is 14.9. The Kier molecular flexibility index (Phi) is 8.78. The standard InChI is InChI=1S/C28H42O4/c1-27(2,3)22-13-8-11-21(26(22)32)20(12-9-17-29)24(30)14-7-10-19-15-16-25(31)23(18-19)28(4,5)6/h8,11,13,15-16,18,20,24,29-32H,7,9-10,12,14,17H2,1-6H3. The van der Waals surface area contributed by atoms with Gasteiger partial charge in [-0.1, -0.05) is 71.9 Å². The Morgan fingerprint density at radius 1 is 0.812 bits per heavy atom. The van der Waals surface area contributed by atoms with Gasteiger partial charge in [0.25, 0.3) is 0 Å². The minimum absolute atomic E-state index is 0.0615. The van der Waals surface area contributed by atoms with Gasteiger partial charge in [0.1, 0.15) is 11.5 Å². The highest BCUT2D eigenvalue weighted by Gasteiger charge is 2.27. The van der Waals surface area contributed by atoms with Crippen LogP contribution in [0.1, 0.15) is 95.4 Å². The number of phenolic OH excluding ortho intramolecular Hbond substituents is 2. The molecular formula is C28H42O4. The van der Waals surface area contributed by atoms with Gasteiger partial charge in [0.2, 0.25) is 0 Å². The molecule has 0 fully saturated rings. The number of phenols is 2. The van der Waals surface area contributed by atoms with Crippen molar-refractivity contribution in [3.05, 3.63) is 58.7 Å². The highest BCUT2D eigenvalue weighted by Crippen LogP contribution is 2.40. The second-order valence-corrected chi connectivity index (χ2v) is 11.0. The van der Waals surface area contributed by atoms with Crippen LogP contribution < -0.4 is 0 Å². The van der Waals surface area contributed by atoms with Gasteiger partial charge in [-0.3, -0.25) is 0 Å².